The monoisotopic (exact) mass is 305 g/mol. The highest BCUT2D eigenvalue weighted by Crippen LogP contribution is 2.33. The van der Waals surface area contributed by atoms with E-state index in [2.05, 4.69) is 13.0 Å². The maximum atomic E-state index is 9.44. The van der Waals surface area contributed by atoms with Gasteiger partial charge in [-0.2, -0.15) is 0 Å². The van der Waals surface area contributed by atoms with Crippen LogP contribution in [0, 0.1) is 0 Å². The molecule has 23 heavy (non-hydrogen) atoms. The summed E-state index contributed by atoms with van der Waals surface area (Å²) < 4.78 is 0. The highest BCUT2D eigenvalue weighted by Gasteiger charge is 2.11. The van der Waals surface area contributed by atoms with Crippen molar-refractivity contribution in [2.75, 3.05) is 5.73 Å². The number of aromatic hydroxyl groups is 2. The first-order valence-corrected chi connectivity index (χ1v) is 7.52. The van der Waals surface area contributed by atoms with Gasteiger partial charge >= 0.3 is 0 Å². The molecule has 3 aromatic carbocycles. The van der Waals surface area contributed by atoms with Crippen molar-refractivity contribution in [3.63, 3.8) is 0 Å². The molecule has 3 heteroatoms. The van der Waals surface area contributed by atoms with Crippen molar-refractivity contribution in [1.29, 1.82) is 0 Å². The van der Waals surface area contributed by atoms with Crippen LogP contribution < -0.4 is 5.73 Å². The molecule has 1 atom stereocenters. The van der Waals surface area contributed by atoms with Crippen molar-refractivity contribution in [2.45, 2.75) is 12.8 Å². The van der Waals surface area contributed by atoms with Crippen molar-refractivity contribution in [3.8, 4) is 22.6 Å². The SMILES string of the molecule is CC(c1ccc(O)cc1)c1ccc(N)c(-c2ccc(O)cc2)c1. The molecular formula is C20H19NO2. The average molecular weight is 305 g/mol. The molecule has 4 N–H and O–H groups in total. The molecule has 0 radical (unpaired) electrons. The Balaban J connectivity index is 1.99. The van der Waals surface area contributed by atoms with Gasteiger partial charge in [-0.3, -0.25) is 0 Å². The molecule has 0 saturated carbocycles. The quantitative estimate of drug-likeness (QED) is 0.624. The lowest BCUT2D eigenvalue weighted by Crippen LogP contribution is -1.98. The van der Waals surface area contributed by atoms with Crippen molar-refractivity contribution in [3.05, 3.63) is 77.9 Å². The second-order valence-corrected chi connectivity index (χ2v) is 5.71. The van der Waals surface area contributed by atoms with Crippen molar-refractivity contribution >= 4 is 5.69 Å². The van der Waals surface area contributed by atoms with E-state index in [4.69, 9.17) is 5.73 Å². The fraction of sp³-hybridized carbons (Fsp3) is 0.100. The lowest BCUT2D eigenvalue weighted by molar-refractivity contribution is 0.474. The largest absolute Gasteiger partial charge is 0.508 e. The number of rotatable bonds is 3. The van der Waals surface area contributed by atoms with Crippen LogP contribution in [-0.2, 0) is 0 Å². The maximum Gasteiger partial charge on any atom is 0.115 e. The summed E-state index contributed by atoms with van der Waals surface area (Å²) in [6, 6.07) is 20.3. The molecule has 0 aliphatic rings. The highest BCUT2D eigenvalue weighted by atomic mass is 16.3. The van der Waals surface area contributed by atoms with Crippen molar-refractivity contribution in [1.82, 2.24) is 0 Å². The minimum atomic E-state index is 0.187. The lowest BCUT2D eigenvalue weighted by Gasteiger charge is -2.15. The third kappa shape index (κ3) is 3.14. The Morgan fingerprint density at radius 3 is 1.87 bits per heavy atom. The van der Waals surface area contributed by atoms with Gasteiger partial charge in [0, 0.05) is 17.2 Å². The van der Waals surface area contributed by atoms with Crippen LogP contribution in [0.1, 0.15) is 24.0 Å². The van der Waals surface area contributed by atoms with Gasteiger partial charge in [-0.15, -0.1) is 0 Å². The molecule has 3 rings (SSSR count). The van der Waals surface area contributed by atoms with Crippen molar-refractivity contribution < 1.29 is 10.2 Å². The second kappa shape index (κ2) is 6.05. The average Bonchev–Trinajstić information content (AvgIpc) is 2.56. The molecule has 0 fully saturated rings. The van der Waals surface area contributed by atoms with Gasteiger partial charge in [0.25, 0.3) is 0 Å². The van der Waals surface area contributed by atoms with Gasteiger partial charge in [0.1, 0.15) is 11.5 Å². The molecule has 116 valence electrons. The van der Waals surface area contributed by atoms with Gasteiger partial charge in [0.2, 0.25) is 0 Å². The summed E-state index contributed by atoms with van der Waals surface area (Å²) in [5.41, 5.74) is 11.0. The van der Waals surface area contributed by atoms with Crippen LogP contribution in [0.4, 0.5) is 5.69 Å². The summed E-state index contributed by atoms with van der Waals surface area (Å²) in [6.45, 7) is 2.12. The molecule has 0 aliphatic heterocycles. The number of anilines is 1. The summed E-state index contributed by atoms with van der Waals surface area (Å²) >= 11 is 0. The fourth-order valence-corrected chi connectivity index (χ4v) is 2.69. The molecule has 1 unspecified atom stereocenters. The van der Waals surface area contributed by atoms with Crippen LogP contribution in [0.5, 0.6) is 11.5 Å². The summed E-state index contributed by atoms with van der Waals surface area (Å²) in [5, 5.41) is 18.9. The van der Waals surface area contributed by atoms with Crippen LogP contribution >= 0.6 is 0 Å². The first kappa shape index (κ1) is 15.0. The van der Waals surface area contributed by atoms with E-state index in [-0.39, 0.29) is 17.4 Å². The number of phenolic OH excluding ortho intramolecular Hbond substituents is 2. The van der Waals surface area contributed by atoms with Crippen LogP contribution in [0.25, 0.3) is 11.1 Å². The lowest BCUT2D eigenvalue weighted by atomic mass is 9.90. The van der Waals surface area contributed by atoms with E-state index in [0.29, 0.717) is 5.69 Å². The van der Waals surface area contributed by atoms with E-state index in [0.717, 1.165) is 22.3 Å². The zero-order chi connectivity index (χ0) is 16.4. The molecule has 0 spiro atoms. The van der Waals surface area contributed by atoms with E-state index in [9.17, 15) is 10.2 Å². The molecule has 0 amide bonds. The number of benzene rings is 3. The Bertz CT molecular complexity index is 808. The Morgan fingerprint density at radius 2 is 1.26 bits per heavy atom. The summed E-state index contributed by atoms with van der Waals surface area (Å²) in [6.07, 6.45) is 0. The van der Waals surface area contributed by atoms with E-state index >= 15 is 0 Å². The third-order valence-corrected chi connectivity index (χ3v) is 4.15. The predicted octanol–water partition coefficient (Wildman–Crippen LogP) is 4.50. The zero-order valence-corrected chi connectivity index (χ0v) is 12.9. The number of nitrogen functional groups attached to an aromatic ring is 1. The number of phenols is 2. The Hall–Kier alpha value is -2.94. The normalized spacial score (nSPS) is 12.0. The van der Waals surface area contributed by atoms with Crippen LogP contribution in [-0.4, -0.2) is 10.2 Å². The Labute approximate surface area is 135 Å². The number of nitrogens with two attached hydrogens (primary N) is 1. The Morgan fingerprint density at radius 1 is 0.739 bits per heavy atom. The van der Waals surface area contributed by atoms with Gasteiger partial charge in [-0.25, -0.2) is 0 Å². The smallest absolute Gasteiger partial charge is 0.115 e. The molecule has 0 aliphatic carbocycles. The summed E-state index contributed by atoms with van der Waals surface area (Å²) in [7, 11) is 0. The van der Waals surface area contributed by atoms with Crippen LogP contribution in [0.3, 0.4) is 0 Å². The summed E-state index contributed by atoms with van der Waals surface area (Å²) in [4.78, 5) is 0. The van der Waals surface area contributed by atoms with Crippen LogP contribution in [0.15, 0.2) is 66.7 Å². The molecule has 0 bridgehead atoms. The number of hydrogen-bond acceptors (Lipinski definition) is 3. The number of hydrogen-bond donors (Lipinski definition) is 3. The van der Waals surface area contributed by atoms with Gasteiger partial charge in [-0.1, -0.05) is 37.3 Å². The predicted molar refractivity (Wildman–Crippen MR) is 93.6 cm³/mol. The first-order chi connectivity index (χ1) is 11.0. The first-order valence-electron chi connectivity index (χ1n) is 7.52. The molecule has 3 nitrogen and oxygen atoms in total. The highest BCUT2D eigenvalue weighted by molar-refractivity contribution is 5.77. The van der Waals surface area contributed by atoms with E-state index in [1.165, 1.54) is 0 Å². The fourth-order valence-electron chi connectivity index (χ4n) is 2.69. The molecule has 0 heterocycles. The van der Waals surface area contributed by atoms with Crippen LogP contribution in [0.2, 0.25) is 0 Å². The summed E-state index contributed by atoms with van der Waals surface area (Å²) in [5.74, 6) is 0.691. The topological polar surface area (TPSA) is 66.5 Å². The van der Waals surface area contributed by atoms with Gasteiger partial charge < -0.3 is 15.9 Å². The zero-order valence-electron chi connectivity index (χ0n) is 12.9. The minimum Gasteiger partial charge on any atom is -0.508 e. The minimum absolute atomic E-state index is 0.187. The standard InChI is InChI=1S/C20H19NO2/c1-13(14-2-7-17(22)8-3-14)16-6-11-20(21)19(12-16)15-4-9-18(23)10-5-15/h2-13,22-23H,21H2,1H3. The molecule has 0 saturated heterocycles. The second-order valence-electron chi connectivity index (χ2n) is 5.71. The van der Waals surface area contributed by atoms with E-state index in [1.807, 2.05) is 36.4 Å². The Kier molecular flexibility index (Phi) is 3.94. The van der Waals surface area contributed by atoms with Gasteiger partial charge in [0.05, 0.1) is 0 Å². The van der Waals surface area contributed by atoms with Gasteiger partial charge in [-0.05, 0) is 53.1 Å². The van der Waals surface area contributed by atoms with Gasteiger partial charge in [0.15, 0.2) is 0 Å². The van der Waals surface area contributed by atoms with E-state index < -0.39 is 0 Å². The maximum absolute atomic E-state index is 9.44. The van der Waals surface area contributed by atoms with E-state index in [1.54, 1.807) is 24.3 Å². The molecular weight excluding hydrogens is 286 g/mol. The molecule has 0 aromatic heterocycles. The molecule has 3 aromatic rings. The third-order valence-electron chi connectivity index (χ3n) is 4.15. The van der Waals surface area contributed by atoms with Crippen molar-refractivity contribution in [2.24, 2.45) is 0 Å².